The van der Waals surface area contributed by atoms with Gasteiger partial charge in [-0.1, -0.05) is 0 Å². The van der Waals surface area contributed by atoms with Gasteiger partial charge in [0.25, 0.3) is 0 Å². The molecule has 3 heteroatoms. The van der Waals surface area contributed by atoms with Crippen LogP contribution in [0, 0.1) is 6.92 Å². The normalized spacial score (nSPS) is 10.5. The van der Waals surface area contributed by atoms with Crippen molar-refractivity contribution < 1.29 is 0 Å². The lowest BCUT2D eigenvalue weighted by atomic mass is 10.2. The van der Waals surface area contributed by atoms with Crippen LogP contribution in [0.5, 0.6) is 0 Å². The summed E-state index contributed by atoms with van der Waals surface area (Å²) in [5, 5.41) is 4.14. The molecule has 3 nitrogen and oxygen atoms in total. The van der Waals surface area contributed by atoms with Gasteiger partial charge in [0, 0.05) is 12.7 Å². The van der Waals surface area contributed by atoms with E-state index in [4.69, 9.17) is 5.73 Å². The SMILES string of the molecule is Cc1cnn(C)c1CCCN. The molecule has 62 valence electrons. The Balaban J connectivity index is 2.67. The zero-order valence-electron chi connectivity index (χ0n) is 7.17. The van der Waals surface area contributed by atoms with Crippen molar-refractivity contribution >= 4 is 0 Å². The van der Waals surface area contributed by atoms with Gasteiger partial charge in [-0.2, -0.15) is 5.10 Å². The molecule has 0 aromatic carbocycles. The summed E-state index contributed by atoms with van der Waals surface area (Å²) < 4.78 is 1.92. The first-order valence-electron chi connectivity index (χ1n) is 3.93. The van der Waals surface area contributed by atoms with Gasteiger partial charge in [0.1, 0.15) is 0 Å². The zero-order valence-corrected chi connectivity index (χ0v) is 7.17. The van der Waals surface area contributed by atoms with Crippen LogP contribution in [-0.4, -0.2) is 16.3 Å². The minimum Gasteiger partial charge on any atom is -0.330 e. The largest absolute Gasteiger partial charge is 0.330 e. The van der Waals surface area contributed by atoms with E-state index in [2.05, 4.69) is 12.0 Å². The van der Waals surface area contributed by atoms with Gasteiger partial charge in [0.15, 0.2) is 0 Å². The van der Waals surface area contributed by atoms with Gasteiger partial charge in [-0.25, -0.2) is 0 Å². The van der Waals surface area contributed by atoms with Crippen LogP contribution in [0.1, 0.15) is 17.7 Å². The summed E-state index contributed by atoms with van der Waals surface area (Å²) in [6.45, 7) is 2.84. The Bertz CT molecular complexity index is 208. The van der Waals surface area contributed by atoms with Crippen molar-refractivity contribution in [3.05, 3.63) is 17.5 Å². The topological polar surface area (TPSA) is 43.8 Å². The maximum atomic E-state index is 5.42. The predicted molar refractivity (Wildman–Crippen MR) is 45.3 cm³/mol. The summed E-state index contributed by atoms with van der Waals surface area (Å²) in [4.78, 5) is 0. The fourth-order valence-electron chi connectivity index (χ4n) is 1.20. The molecule has 1 rings (SSSR count). The van der Waals surface area contributed by atoms with Crippen molar-refractivity contribution in [2.45, 2.75) is 19.8 Å². The van der Waals surface area contributed by atoms with Gasteiger partial charge >= 0.3 is 0 Å². The minimum atomic E-state index is 0.755. The number of rotatable bonds is 3. The van der Waals surface area contributed by atoms with Gasteiger partial charge in [0.05, 0.1) is 6.20 Å². The summed E-state index contributed by atoms with van der Waals surface area (Å²) >= 11 is 0. The first kappa shape index (κ1) is 8.27. The number of hydrogen-bond donors (Lipinski definition) is 1. The molecule has 0 aliphatic heterocycles. The predicted octanol–water partition coefficient (Wildman–Crippen LogP) is 0.620. The van der Waals surface area contributed by atoms with Crippen molar-refractivity contribution in [3.8, 4) is 0 Å². The van der Waals surface area contributed by atoms with Crippen molar-refractivity contribution in [1.29, 1.82) is 0 Å². The molecule has 0 spiro atoms. The van der Waals surface area contributed by atoms with Crippen LogP contribution in [0.15, 0.2) is 6.20 Å². The van der Waals surface area contributed by atoms with Gasteiger partial charge in [-0.3, -0.25) is 4.68 Å². The molecule has 11 heavy (non-hydrogen) atoms. The molecule has 1 aromatic heterocycles. The molecule has 0 saturated heterocycles. The average Bonchev–Trinajstić information content (AvgIpc) is 2.29. The summed E-state index contributed by atoms with van der Waals surface area (Å²) in [5.74, 6) is 0. The summed E-state index contributed by atoms with van der Waals surface area (Å²) in [5.41, 5.74) is 7.98. The van der Waals surface area contributed by atoms with Crippen LogP contribution in [0.2, 0.25) is 0 Å². The van der Waals surface area contributed by atoms with Crippen LogP contribution in [0.3, 0.4) is 0 Å². The Morgan fingerprint density at radius 2 is 2.36 bits per heavy atom. The van der Waals surface area contributed by atoms with E-state index in [1.54, 1.807) is 0 Å². The van der Waals surface area contributed by atoms with E-state index in [-0.39, 0.29) is 0 Å². The summed E-state index contributed by atoms with van der Waals surface area (Å²) in [7, 11) is 1.97. The third-order valence-electron chi connectivity index (χ3n) is 1.89. The van der Waals surface area contributed by atoms with Gasteiger partial charge < -0.3 is 5.73 Å². The molecule has 0 unspecified atom stereocenters. The molecule has 0 aliphatic carbocycles. The third kappa shape index (κ3) is 1.80. The molecule has 1 heterocycles. The molecule has 0 radical (unpaired) electrons. The minimum absolute atomic E-state index is 0.755. The van der Waals surface area contributed by atoms with Crippen LogP contribution in [-0.2, 0) is 13.5 Å². The summed E-state index contributed by atoms with van der Waals surface area (Å²) in [6.07, 6.45) is 3.98. The number of aromatic nitrogens is 2. The quantitative estimate of drug-likeness (QED) is 0.691. The van der Waals surface area contributed by atoms with E-state index in [0.29, 0.717) is 0 Å². The fraction of sp³-hybridized carbons (Fsp3) is 0.625. The monoisotopic (exact) mass is 153 g/mol. The lowest BCUT2D eigenvalue weighted by Crippen LogP contribution is -2.05. The second kappa shape index (κ2) is 3.53. The third-order valence-corrected chi connectivity index (χ3v) is 1.89. The molecule has 2 N–H and O–H groups in total. The van der Waals surface area contributed by atoms with Crippen LogP contribution >= 0.6 is 0 Å². The number of aryl methyl sites for hydroxylation is 2. The van der Waals surface area contributed by atoms with E-state index < -0.39 is 0 Å². The summed E-state index contributed by atoms with van der Waals surface area (Å²) in [6, 6.07) is 0. The first-order chi connectivity index (χ1) is 5.25. The lowest BCUT2D eigenvalue weighted by molar-refractivity contribution is 0.684. The molecule has 0 amide bonds. The molecule has 0 bridgehead atoms. The standard InChI is InChI=1S/C8H15N3/c1-7-6-10-11(2)8(7)4-3-5-9/h6H,3-5,9H2,1-2H3. The highest BCUT2D eigenvalue weighted by molar-refractivity contribution is 5.15. The molecule has 0 atom stereocenters. The fourth-order valence-corrected chi connectivity index (χ4v) is 1.20. The maximum Gasteiger partial charge on any atom is 0.0521 e. The van der Waals surface area contributed by atoms with E-state index in [0.717, 1.165) is 19.4 Å². The Morgan fingerprint density at radius 1 is 1.64 bits per heavy atom. The molecule has 0 fully saturated rings. The number of hydrogen-bond acceptors (Lipinski definition) is 2. The van der Waals surface area contributed by atoms with Crippen molar-refractivity contribution in [1.82, 2.24) is 9.78 Å². The van der Waals surface area contributed by atoms with E-state index in [1.807, 2.05) is 17.9 Å². The highest BCUT2D eigenvalue weighted by Crippen LogP contribution is 2.07. The zero-order chi connectivity index (χ0) is 8.27. The van der Waals surface area contributed by atoms with Crippen LogP contribution < -0.4 is 5.73 Å². The van der Waals surface area contributed by atoms with E-state index >= 15 is 0 Å². The van der Waals surface area contributed by atoms with E-state index in [1.165, 1.54) is 11.3 Å². The molecule has 1 aromatic rings. The molecular weight excluding hydrogens is 138 g/mol. The second-order valence-electron chi connectivity index (χ2n) is 2.79. The Morgan fingerprint density at radius 3 is 2.82 bits per heavy atom. The second-order valence-corrected chi connectivity index (χ2v) is 2.79. The first-order valence-corrected chi connectivity index (χ1v) is 3.93. The highest BCUT2D eigenvalue weighted by atomic mass is 15.3. The molecule has 0 aliphatic rings. The Kier molecular flexibility index (Phi) is 2.65. The van der Waals surface area contributed by atoms with Gasteiger partial charge in [-0.15, -0.1) is 0 Å². The average molecular weight is 153 g/mol. The van der Waals surface area contributed by atoms with Gasteiger partial charge in [-0.05, 0) is 31.9 Å². The smallest absolute Gasteiger partial charge is 0.0521 e. The highest BCUT2D eigenvalue weighted by Gasteiger charge is 2.01. The maximum absolute atomic E-state index is 5.42. The lowest BCUT2D eigenvalue weighted by Gasteiger charge is -2.01. The van der Waals surface area contributed by atoms with Crippen molar-refractivity contribution in [2.75, 3.05) is 6.54 Å². The van der Waals surface area contributed by atoms with E-state index in [9.17, 15) is 0 Å². The molecule has 0 saturated carbocycles. The van der Waals surface area contributed by atoms with Crippen LogP contribution in [0.25, 0.3) is 0 Å². The number of nitrogens with two attached hydrogens (primary N) is 1. The van der Waals surface area contributed by atoms with Crippen molar-refractivity contribution in [2.24, 2.45) is 12.8 Å². The Labute approximate surface area is 67.2 Å². The Hall–Kier alpha value is -0.830. The van der Waals surface area contributed by atoms with Gasteiger partial charge in [0.2, 0.25) is 0 Å². The van der Waals surface area contributed by atoms with Crippen molar-refractivity contribution in [3.63, 3.8) is 0 Å². The molecular formula is C8H15N3. The number of nitrogens with zero attached hydrogens (tertiary/aromatic N) is 2. The van der Waals surface area contributed by atoms with Crippen LogP contribution in [0.4, 0.5) is 0 Å².